The topological polar surface area (TPSA) is 55.4 Å². The molecule has 5 heteroatoms. The summed E-state index contributed by atoms with van der Waals surface area (Å²) in [6.07, 6.45) is 0. The molecule has 1 unspecified atom stereocenters. The van der Waals surface area contributed by atoms with Gasteiger partial charge in [0.25, 0.3) is 5.91 Å². The molecule has 0 saturated heterocycles. The third-order valence-corrected chi connectivity index (χ3v) is 4.69. The van der Waals surface area contributed by atoms with Gasteiger partial charge in [-0.1, -0.05) is 36.4 Å². The number of aryl methyl sites for hydroxylation is 2. The molecule has 1 aliphatic heterocycles. The highest BCUT2D eigenvalue weighted by molar-refractivity contribution is 7.87. The van der Waals surface area contributed by atoms with Crippen LogP contribution in [0.5, 0.6) is 5.75 Å². The van der Waals surface area contributed by atoms with Crippen LogP contribution in [-0.2, 0) is 22.4 Å². The first-order chi connectivity index (χ1) is 11.1. The predicted molar refractivity (Wildman–Crippen MR) is 91.0 cm³/mol. The van der Waals surface area contributed by atoms with Gasteiger partial charge in [0, 0.05) is 11.0 Å². The molecule has 1 aliphatic rings. The summed E-state index contributed by atoms with van der Waals surface area (Å²) in [5.41, 5.74) is 4.51. The quantitative estimate of drug-likeness (QED) is 0.939. The molecule has 0 aromatic heterocycles. The highest BCUT2D eigenvalue weighted by atomic mass is 32.2. The molecule has 0 saturated carbocycles. The summed E-state index contributed by atoms with van der Waals surface area (Å²) in [6.45, 7) is 4.52. The van der Waals surface area contributed by atoms with Gasteiger partial charge in [-0.25, -0.2) is 4.21 Å². The molecule has 1 heterocycles. The van der Waals surface area contributed by atoms with Crippen LogP contribution in [-0.4, -0.2) is 10.1 Å². The Labute approximate surface area is 137 Å². The molecule has 0 fully saturated rings. The Morgan fingerprint density at radius 1 is 1.04 bits per heavy atom. The Balaban J connectivity index is 1.89. The molecule has 1 amide bonds. The molecule has 4 nitrogen and oxygen atoms in total. The van der Waals surface area contributed by atoms with Gasteiger partial charge < -0.3 is 4.74 Å². The summed E-state index contributed by atoms with van der Waals surface area (Å²) in [5.74, 6) is 0.266. The minimum atomic E-state index is -1.46. The van der Waals surface area contributed by atoms with Crippen molar-refractivity contribution in [3.05, 3.63) is 70.1 Å². The zero-order chi connectivity index (χ0) is 16.4. The standard InChI is InChI=1S/C18H17NO3S/c1-12-6-5-7-13(2)15(12)10-22-17-9-4-3-8-14(17)16-11-23(21)19-18(16)20/h3-9,11H,10H2,1-2H3,(H,19,20). The van der Waals surface area contributed by atoms with Gasteiger partial charge in [-0.05, 0) is 36.6 Å². The van der Waals surface area contributed by atoms with Crippen molar-refractivity contribution in [3.8, 4) is 5.75 Å². The van der Waals surface area contributed by atoms with Gasteiger partial charge in [0.05, 0.1) is 5.57 Å². The molecule has 118 valence electrons. The Kier molecular flexibility index (Phi) is 4.30. The SMILES string of the molecule is Cc1cccc(C)c1COc1ccccc1C1=CS(=O)NC1=O. The number of para-hydroxylation sites is 1. The number of nitrogens with one attached hydrogen (secondary N) is 1. The normalized spacial score (nSPS) is 16.9. The maximum atomic E-state index is 11.9. The maximum absolute atomic E-state index is 11.9. The summed E-state index contributed by atoms with van der Waals surface area (Å²) in [7, 11) is -1.46. The lowest BCUT2D eigenvalue weighted by Crippen LogP contribution is -2.17. The fourth-order valence-corrected chi connectivity index (χ4v) is 3.36. The van der Waals surface area contributed by atoms with Gasteiger partial charge >= 0.3 is 0 Å². The van der Waals surface area contributed by atoms with Crippen LogP contribution in [0.1, 0.15) is 22.3 Å². The van der Waals surface area contributed by atoms with Gasteiger partial charge in [0.2, 0.25) is 0 Å². The number of rotatable bonds is 4. The second-order valence-corrected chi connectivity index (χ2v) is 6.45. The monoisotopic (exact) mass is 327 g/mol. The van der Waals surface area contributed by atoms with E-state index < -0.39 is 11.0 Å². The van der Waals surface area contributed by atoms with Crippen LogP contribution in [0.25, 0.3) is 5.57 Å². The van der Waals surface area contributed by atoms with E-state index in [0.717, 1.165) is 5.56 Å². The van der Waals surface area contributed by atoms with Gasteiger partial charge in [-0.2, -0.15) is 0 Å². The summed E-state index contributed by atoms with van der Waals surface area (Å²) < 4.78 is 19.8. The second-order valence-electron chi connectivity index (χ2n) is 5.42. The molecule has 0 spiro atoms. The Morgan fingerprint density at radius 2 is 1.74 bits per heavy atom. The Morgan fingerprint density at radius 3 is 2.39 bits per heavy atom. The smallest absolute Gasteiger partial charge is 0.264 e. The third-order valence-electron chi connectivity index (χ3n) is 3.86. The van der Waals surface area contributed by atoms with E-state index in [0.29, 0.717) is 23.5 Å². The van der Waals surface area contributed by atoms with Gasteiger partial charge in [-0.3, -0.25) is 9.52 Å². The lowest BCUT2D eigenvalue weighted by Gasteiger charge is -2.14. The van der Waals surface area contributed by atoms with E-state index >= 15 is 0 Å². The van der Waals surface area contributed by atoms with Crippen LogP contribution in [0.2, 0.25) is 0 Å². The minimum absolute atomic E-state index is 0.341. The fourth-order valence-electron chi connectivity index (χ4n) is 2.56. The van der Waals surface area contributed by atoms with Crippen LogP contribution < -0.4 is 9.46 Å². The summed E-state index contributed by atoms with van der Waals surface area (Å²) in [6, 6.07) is 13.4. The number of hydrogen-bond donors (Lipinski definition) is 1. The van der Waals surface area contributed by atoms with Crippen LogP contribution in [0, 0.1) is 13.8 Å². The van der Waals surface area contributed by atoms with Crippen molar-refractivity contribution < 1.29 is 13.7 Å². The highest BCUT2D eigenvalue weighted by Crippen LogP contribution is 2.29. The predicted octanol–water partition coefficient (Wildman–Crippen LogP) is 3.02. The highest BCUT2D eigenvalue weighted by Gasteiger charge is 2.24. The number of ether oxygens (including phenoxy) is 1. The zero-order valence-corrected chi connectivity index (χ0v) is 13.8. The van der Waals surface area contributed by atoms with E-state index in [1.165, 1.54) is 16.5 Å². The van der Waals surface area contributed by atoms with E-state index in [4.69, 9.17) is 4.74 Å². The molecule has 0 radical (unpaired) electrons. The van der Waals surface area contributed by atoms with Crippen LogP contribution >= 0.6 is 0 Å². The molecule has 1 N–H and O–H groups in total. The van der Waals surface area contributed by atoms with Gasteiger partial charge in [0.1, 0.15) is 23.3 Å². The van der Waals surface area contributed by atoms with E-state index in [1.54, 1.807) is 6.07 Å². The lowest BCUT2D eigenvalue weighted by atomic mass is 10.0. The number of amides is 1. The largest absolute Gasteiger partial charge is 0.488 e. The second kappa shape index (κ2) is 6.38. The molecule has 2 aromatic carbocycles. The number of benzene rings is 2. The summed E-state index contributed by atoms with van der Waals surface area (Å²) in [5, 5.41) is 1.42. The first kappa shape index (κ1) is 15.5. The molecule has 2 aromatic rings. The van der Waals surface area contributed by atoms with E-state index in [9.17, 15) is 9.00 Å². The molecule has 1 atom stereocenters. The average Bonchev–Trinajstić information content (AvgIpc) is 2.86. The number of hydrogen-bond acceptors (Lipinski definition) is 3. The van der Waals surface area contributed by atoms with Gasteiger partial charge in [-0.15, -0.1) is 0 Å². The van der Waals surface area contributed by atoms with Crippen molar-refractivity contribution in [1.29, 1.82) is 0 Å². The molecular formula is C18H17NO3S. The van der Waals surface area contributed by atoms with Crippen molar-refractivity contribution in [2.24, 2.45) is 0 Å². The molecule has 23 heavy (non-hydrogen) atoms. The molecular weight excluding hydrogens is 310 g/mol. The van der Waals surface area contributed by atoms with Gasteiger partial charge in [0.15, 0.2) is 0 Å². The molecule has 0 bridgehead atoms. The van der Waals surface area contributed by atoms with E-state index in [2.05, 4.69) is 4.72 Å². The number of carbonyl (C=O) groups is 1. The summed E-state index contributed by atoms with van der Waals surface area (Å²) in [4.78, 5) is 11.9. The van der Waals surface area contributed by atoms with Crippen LogP contribution in [0.15, 0.2) is 47.9 Å². The summed E-state index contributed by atoms with van der Waals surface area (Å²) >= 11 is 0. The first-order valence-electron chi connectivity index (χ1n) is 7.27. The molecule has 0 aliphatic carbocycles. The zero-order valence-electron chi connectivity index (χ0n) is 13.0. The van der Waals surface area contributed by atoms with E-state index in [1.807, 2.05) is 50.2 Å². The van der Waals surface area contributed by atoms with Crippen molar-refractivity contribution in [2.75, 3.05) is 0 Å². The van der Waals surface area contributed by atoms with Crippen molar-refractivity contribution in [1.82, 2.24) is 4.72 Å². The van der Waals surface area contributed by atoms with Crippen LogP contribution in [0.4, 0.5) is 0 Å². The average molecular weight is 327 g/mol. The maximum Gasteiger partial charge on any atom is 0.264 e. The number of carbonyl (C=O) groups excluding carboxylic acids is 1. The fraction of sp³-hybridized carbons (Fsp3) is 0.167. The minimum Gasteiger partial charge on any atom is -0.488 e. The van der Waals surface area contributed by atoms with E-state index in [-0.39, 0.29) is 5.91 Å². The molecule has 3 rings (SSSR count). The van der Waals surface area contributed by atoms with Crippen LogP contribution in [0.3, 0.4) is 0 Å². The first-order valence-corrected chi connectivity index (χ1v) is 8.48. The third kappa shape index (κ3) is 3.19. The van der Waals surface area contributed by atoms with Crippen molar-refractivity contribution >= 4 is 22.5 Å². The lowest BCUT2D eigenvalue weighted by molar-refractivity contribution is -0.113. The van der Waals surface area contributed by atoms with Crippen molar-refractivity contribution in [3.63, 3.8) is 0 Å². The Hall–Kier alpha value is -2.40. The Bertz CT molecular complexity index is 807. The van der Waals surface area contributed by atoms with Crippen molar-refractivity contribution in [2.45, 2.75) is 20.5 Å².